The van der Waals surface area contributed by atoms with Crippen molar-refractivity contribution in [2.45, 2.75) is 31.5 Å². The van der Waals surface area contributed by atoms with Gasteiger partial charge in [0.2, 0.25) is 5.91 Å². The van der Waals surface area contributed by atoms with E-state index in [-0.39, 0.29) is 5.91 Å². The van der Waals surface area contributed by atoms with Crippen molar-refractivity contribution < 1.29 is 24.2 Å². The summed E-state index contributed by atoms with van der Waals surface area (Å²) in [6.45, 7) is 2.38. The van der Waals surface area contributed by atoms with Gasteiger partial charge in [-0.2, -0.15) is 0 Å². The van der Waals surface area contributed by atoms with E-state index in [1.807, 2.05) is 12.2 Å². The number of ether oxygens (including phenoxy) is 2. The molecule has 6 heteroatoms. The van der Waals surface area contributed by atoms with Crippen molar-refractivity contribution in [3.05, 3.63) is 12.2 Å². The van der Waals surface area contributed by atoms with Gasteiger partial charge >= 0.3 is 5.97 Å². The zero-order valence-corrected chi connectivity index (χ0v) is 12.0. The fraction of sp³-hybridized carbons (Fsp3) is 0.733. The first-order valence-electron chi connectivity index (χ1n) is 7.56. The normalized spacial score (nSPS) is 31.5. The Labute approximate surface area is 123 Å². The highest BCUT2D eigenvalue weighted by Gasteiger charge is 2.43. The highest BCUT2D eigenvalue weighted by atomic mass is 16.7. The molecule has 0 saturated carbocycles. The molecule has 1 amide bonds. The van der Waals surface area contributed by atoms with Crippen LogP contribution in [0.5, 0.6) is 0 Å². The summed E-state index contributed by atoms with van der Waals surface area (Å²) in [6, 6.07) is 0. The van der Waals surface area contributed by atoms with Crippen LogP contribution in [0.15, 0.2) is 12.2 Å². The molecule has 0 radical (unpaired) electrons. The monoisotopic (exact) mass is 295 g/mol. The number of carbonyl (C=O) groups excluding carboxylic acids is 1. The van der Waals surface area contributed by atoms with Crippen LogP contribution in [0.4, 0.5) is 0 Å². The van der Waals surface area contributed by atoms with E-state index in [1.54, 1.807) is 4.90 Å². The van der Waals surface area contributed by atoms with Crippen LogP contribution in [0.1, 0.15) is 25.7 Å². The Morgan fingerprint density at radius 2 is 1.62 bits per heavy atom. The molecule has 0 aromatic heterocycles. The Morgan fingerprint density at radius 1 is 1.05 bits per heavy atom. The number of carbonyl (C=O) groups is 2. The number of carboxylic acids is 1. The van der Waals surface area contributed by atoms with E-state index in [1.165, 1.54) is 0 Å². The number of amides is 1. The number of piperidine rings is 1. The number of hydrogen-bond donors (Lipinski definition) is 1. The van der Waals surface area contributed by atoms with Crippen LogP contribution in [0.3, 0.4) is 0 Å². The molecule has 1 N–H and O–H groups in total. The lowest BCUT2D eigenvalue weighted by Gasteiger charge is -2.39. The van der Waals surface area contributed by atoms with Gasteiger partial charge in [0.25, 0.3) is 0 Å². The third kappa shape index (κ3) is 2.82. The van der Waals surface area contributed by atoms with Gasteiger partial charge in [-0.3, -0.25) is 9.59 Å². The molecular weight excluding hydrogens is 274 g/mol. The zero-order valence-electron chi connectivity index (χ0n) is 12.0. The third-order valence-corrected chi connectivity index (χ3v) is 4.72. The van der Waals surface area contributed by atoms with Crippen molar-refractivity contribution in [1.82, 2.24) is 4.90 Å². The summed E-state index contributed by atoms with van der Waals surface area (Å²) in [6.07, 6.45) is 6.06. The average Bonchev–Trinajstić information content (AvgIpc) is 2.95. The molecule has 2 atom stereocenters. The predicted molar refractivity (Wildman–Crippen MR) is 73.4 cm³/mol. The summed E-state index contributed by atoms with van der Waals surface area (Å²) < 4.78 is 11.3. The smallest absolute Gasteiger partial charge is 0.307 e. The minimum absolute atomic E-state index is 0.0420. The first-order valence-corrected chi connectivity index (χ1v) is 7.56. The first kappa shape index (κ1) is 14.5. The van der Waals surface area contributed by atoms with Crippen LogP contribution in [-0.4, -0.2) is 54.0 Å². The van der Waals surface area contributed by atoms with Gasteiger partial charge in [0.1, 0.15) is 0 Å². The number of carboxylic acid groups (broad SMARTS) is 1. The number of rotatable bonds is 2. The van der Waals surface area contributed by atoms with Crippen molar-refractivity contribution in [2.24, 2.45) is 11.8 Å². The van der Waals surface area contributed by atoms with Crippen molar-refractivity contribution in [1.29, 1.82) is 0 Å². The summed E-state index contributed by atoms with van der Waals surface area (Å²) in [5.74, 6) is -2.47. The summed E-state index contributed by atoms with van der Waals surface area (Å²) in [5, 5.41) is 9.28. The largest absolute Gasteiger partial charge is 0.481 e. The molecule has 116 valence electrons. The Balaban J connectivity index is 1.63. The van der Waals surface area contributed by atoms with Crippen molar-refractivity contribution in [3.63, 3.8) is 0 Å². The maximum Gasteiger partial charge on any atom is 0.307 e. The Hall–Kier alpha value is -1.40. The van der Waals surface area contributed by atoms with Crippen LogP contribution < -0.4 is 0 Å². The molecule has 2 aliphatic heterocycles. The second-order valence-electron chi connectivity index (χ2n) is 5.93. The van der Waals surface area contributed by atoms with Crippen molar-refractivity contribution in [2.75, 3.05) is 26.3 Å². The van der Waals surface area contributed by atoms with E-state index >= 15 is 0 Å². The Bertz CT molecular complexity index is 445. The summed E-state index contributed by atoms with van der Waals surface area (Å²) in [7, 11) is 0. The summed E-state index contributed by atoms with van der Waals surface area (Å²) in [5.41, 5.74) is 0. The summed E-state index contributed by atoms with van der Waals surface area (Å²) >= 11 is 0. The van der Waals surface area contributed by atoms with Gasteiger partial charge in [0, 0.05) is 25.9 Å². The van der Waals surface area contributed by atoms with E-state index < -0.39 is 23.6 Å². The lowest BCUT2D eigenvalue weighted by molar-refractivity contribution is -0.189. The van der Waals surface area contributed by atoms with Crippen LogP contribution in [0.2, 0.25) is 0 Å². The highest BCUT2D eigenvalue weighted by Crippen LogP contribution is 2.34. The van der Waals surface area contributed by atoms with E-state index in [0.717, 1.165) is 0 Å². The maximum atomic E-state index is 12.6. The van der Waals surface area contributed by atoms with Gasteiger partial charge in [-0.25, -0.2) is 0 Å². The topological polar surface area (TPSA) is 76.1 Å². The van der Waals surface area contributed by atoms with Gasteiger partial charge in [0.15, 0.2) is 5.79 Å². The molecule has 3 aliphatic rings. The van der Waals surface area contributed by atoms with E-state index in [9.17, 15) is 14.7 Å². The van der Waals surface area contributed by atoms with Crippen molar-refractivity contribution >= 4 is 11.9 Å². The molecule has 6 nitrogen and oxygen atoms in total. The number of likely N-dealkylation sites (tertiary alicyclic amines) is 1. The Kier molecular flexibility index (Phi) is 3.99. The highest BCUT2D eigenvalue weighted by molar-refractivity contribution is 5.85. The predicted octanol–water partition coefficient (Wildman–Crippen LogP) is 1.02. The van der Waals surface area contributed by atoms with Gasteiger partial charge in [-0.1, -0.05) is 12.2 Å². The van der Waals surface area contributed by atoms with Gasteiger partial charge in [-0.05, 0) is 12.8 Å². The third-order valence-electron chi connectivity index (χ3n) is 4.72. The number of nitrogens with zero attached hydrogens (tertiary/aromatic N) is 1. The molecule has 0 bridgehead atoms. The number of aliphatic carboxylic acids is 1. The SMILES string of the molecule is O=C(O)[C@@H]1CC=CC[C@@H]1C(=O)N1CCC2(CC1)OCCO2. The number of allylic oxidation sites excluding steroid dienone is 2. The minimum atomic E-state index is -0.881. The quantitative estimate of drug-likeness (QED) is 0.770. The number of hydrogen-bond acceptors (Lipinski definition) is 4. The molecule has 0 aromatic carbocycles. The molecule has 0 aromatic rings. The molecule has 2 fully saturated rings. The van der Waals surface area contributed by atoms with E-state index in [4.69, 9.17) is 9.47 Å². The minimum Gasteiger partial charge on any atom is -0.481 e. The first-order chi connectivity index (χ1) is 10.1. The lowest BCUT2D eigenvalue weighted by Crippen LogP contribution is -2.50. The zero-order chi connectivity index (χ0) is 14.9. The lowest BCUT2D eigenvalue weighted by atomic mass is 9.81. The average molecular weight is 295 g/mol. The van der Waals surface area contributed by atoms with E-state index in [0.29, 0.717) is 52.0 Å². The fourth-order valence-corrected chi connectivity index (χ4v) is 3.45. The second kappa shape index (κ2) is 5.77. The van der Waals surface area contributed by atoms with Crippen LogP contribution in [-0.2, 0) is 19.1 Å². The second-order valence-corrected chi connectivity index (χ2v) is 5.93. The molecule has 3 rings (SSSR count). The molecule has 1 aliphatic carbocycles. The standard InChI is InChI=1S/C15H21NO5/c17-13(11-3-1-2-4-12(11)14(18)19)16-7-5-15(6-8-16)20-9-10-21-15/h1-2,11-12H,3-10H2,(H,18,19)/t11-,12+/m0/s1. The van der Waals surface area contributed by atoms with Crippen LogP contribution >= 0.6 is 0 Å². The Morgan fingerprint density at radius 3 is 2.19 bits per heavy atom. The van der Waals surface area contributed by atoms with Crippen molar-refractivity contribution in [3.8, 4) is 0 Å². The van der Waals surface area contributed by atoms with Gasteiger partial charge < -0.3 is 19.5 Å². The molecule has 2 heterocycles. The van der Waals surface area contributed by atoms with Crippen LogP contribution in [0.25, 0.3) is 0 Å². The maximum absolute atomic E-state index is 12.6. The molecule has 0 unspecified atom stereocenters. The van der Waals surface area contributed by atoms with Crippen LogP contribution in [0, 0.1) is 11.8 Å². The molecule has 2 saturated heterocycles. The van der Waals surface area contributed by atoms with Gasteiger partial charge in [0.05, 0.1) is 25.0 Å². The van der Waals surface area contributed by atoms with E-state index in [2.05, 4.69) is 0 Å². The molecule has 21 heavy (non-hydrogen) atoms. The molecular formula is C15H21NO5. The fourth-order valence-electron chi connectivity index (χ4n) is 3.45. The van der Waals surface area contributed by atoms with Gasteiger partial charge in [-0.15, -0.1) is 0 Å². The summed E-state index contributed by atoms with van der Waals surface area (Å²) in [4.78, 5) is 25.7. The molecule has 1 spiro atoms.